The SMILES string of the molecule is CC(CC(=O)O)(C(=O)Nc1ccc(C(N)=O)c(Cl)c1)C1CCCCC1. The number of anilines is 1. The highest BCUT2D eigenvalue weighted by atomic mass is 35.5. The van der Waals surface area contributed by atoms with Crippen LogP contribution >= 0.6 is 11.6 Å². The molecule has 0 spiro atoms. The summed E-state index contributed by atoms with van der Waals surface area (Å²) in [6.07, 6.45) is 4.60. The molecular formula is C18H23ClN2O4. The van der Waals surface area contributed by atoms with Gasteiger partial charge in [0, 0.05) is 5.69 Å². The summed E-state index contributed by atoms with van der Waals surface area (Å²) in [5.74, 6) is -1.96. The molecule has 0 aliphatic heterocycles. The maximum absolute atomic E-state index is 12.9. The number of carboxylic acid groups (broad SMARTS) is 1. The van der Waals surface area contributed by atoms with E-state index in [1.165, 1.54) is 18.2 Å². The van der Waals surface area contributed by atoms with Crippen LogP contribution in [0.5, 0.6) is 0 Å². The van der Waals surface area contributed by atoms with Crippen molar-refractivity contribution in [3.05, 3.63) is 28.8 Å². The highest BCUT2D eigenvalue weighted by molar-refractivity contribution is 6.34. The molecule has 1 fully saturated rings. The van der Waals surface area contributed by atoms with Gasteiger partial charge in [0.2, 0.25) is 11.8 Å². The van der Waals surface area contributed by atoms with Gasteiger partial charge in [-0.2, -0.15) is 0 Å². The number of nitrogens with two attached hydrogens (primary N) is 1. The van der Waals surface area contributed by atoms with Crippen LogP contribution in [0.1, 0.15) is 55.8 Å². The highest BCUT2D eigenvalue weighted by Crippen LogP contribution is 2.42. The first-order chi connectivity index (χ1) is 11.7. The topological polar surface area (TPSA) is 109 Å². The lowest BCUT2D eigenvalue weighted by molar-refractivity contribution is -0.145. The van der Waals surface area contributed by atoms with Crippen LogP contribution in [0.3, 0.4) is 0 Å². The van der Waals surface area contributed by atoms with E-state index in [1.807, 2.05) is 0 Å². The fourth-order valence-corrected chi connectivity index (χ4v) is 3.80. The zero-order chi connectivity index (χ0) is 18.6. The van der Waals surface area contributed by atoms with Crippen molar-refractivity contribution in [1.29, 1.82) is 0 Å². The maximum atomic E-state index is 12.9. The van der Waals surface area contributed by atoms with E-state index in [-0.39, 0.29) is 28.8 Å². The average molecular weight is 367 g/mol. The quantitative estimate of drug-likeness (QED) is 0.716. The van der Waals surface area contributed by atoms with E-state index in [9.17, 15) is 19.5 Å². The molecule has 25 heavy (non-hydrogen) atoms. The summed E-state index contributed by atoms with van der Waals surface area (Å²) in [5.41, 5.74) is 4.79. The molecule has 1 unspecified atom stereocenters. The van der Waals surface area contributed by atoms with Crippen molar-refractivity contribution in [3.8, 4) is 0 Å². The van der Waals surface area contributed by atoms with Gasteiger partial charge in [0.05, 0.1) is 22.4 Å². The molecule has 1 aromatic carbocycles. The molecule has 136 valence electrons. The van der Waals surface area contributed by atoms with Gasteiger partial charge in [-0.1, -0.05) is 30.9 Å². The van der Waals surface area contributed by atoms with Crippen LogP contribution in [-0.4, -0.2) is 22.9 Å². The molecule has 1 atom stereocenters. The number of carbonyl (C=O) groups is 3. The second-order valence-corrected chi connectivity index (χ2v) is 7.24. The van der Waals surface area contributed by atoms with Crippen molar-refractivity contribution in [2.45, 2.75) is 45.4 Å². The number of primary amides is 1. The molecule has 2 amide bonds. The van der Waals surface area contributed by atoms with Crippen molar-refractivity contribution >= 4 is 35.1 Å². The Kier molecular flexibility index (Phi) is 6.06. The van der Waals surface area contributed by atoms with Gasteiger partial charge in [0.15, 0.2) is 0 Å². The lowest BCUT2D eigenvalue weighted by atomic mass is 9.67. The Hall–Kier alpha value is -2.08. The predicted molar refractivity (Wildman–Crippen MR) is 95.5 cm³/mol. The number of carbonyl (C=O) groups excluding carboxylic acids is 2. The van der Waals surface area contributed by atoms with E-state index >= 15 is 0 Å². The molecule has 2 rings (SSSR count). The molecule has 6 nitrogen and oxygen atoms in total. The van der Waals surface area contributed by atoms with Crippen molar-refractivity contribution in [2.24, 2.45) is 17.1 Å². The van der Waals surface area contributed by atoms with Crippen LogP contribution in [-0.2, 0) is 9.59 Å². The van der Waals surface area contributed by atoms with E-state index in [4.69, 9.17) is 17.3 Å². The number of hydrogen-bond donors (Lipinski definition) is 3. The Labute approximate surface area is 151 Å². The monoisotopic (exact) mass is 366 g/mol. The molecule has 0 heterocycles. The Morgan fingerprint density at radius 2 is 1.92 bits per heavy atom. The molecular weight excluding hydrogens is 344 g/mol. The van der Waals surface area contributed by atoms with Crippen LogP contribution in [0.15, 0.2) is 18.2 Å². The molecule has 0 bridgehead atoms. The smallest absolute Gasteiger partial charge is 0.304 e. The van der Waals surface area contributed by atoms with Crippen molar-refractivity contribution in [1.82, 2.24) is 0 Å². The van der Waals surface area contributed by atoms with Gasteiger partial charge in [-0.3, -0.25) is 14.4 Å². The Bertz CT molecular complexity index is 686. The summed E-state index contributed by atoms with van der Waals surface area (Å²) in [5, 5.41) is 12.2. The summed E-state index contributed by atoms with van der Waals surface area (Å²) >= 11 is 6.01. The minimum atomic E-state index is -0.999. The minimum absolute atomic E-state index is 0.0257. The molecule has 0 aromatic heterocycles. The van der Waals surface area contributed by atoms with Crippen LogP contribution in [0.25, 0.3) is 0 Å². The Morgan fingerprint density at radius 1 is 1.28 bits per heavy atom. The summed E-state index contributed by atoms with van der Waals surface area (Å²) < 4.78 is 0. The van der Waals surface area contributed by atoms with Crippen molar-refractivity contribution in [3.63, 3.8) is 0 Å². The first kappa shape index (κ1) is 19.2. The average Bonchev–Trinajstić information content (AvgIpc) is 2.54. The third-order valence-corrected chi connectivity index (χ3v) is 5.35. The van der Waals surface area contributed by atoms with Gasteiger partial charge in [-0.05, 0) is 43.9 Å². The predicted octanol–water partition coefficient (Wildman–Crippen LogP) is 3.44. The standard InChI is InChI=1S/C18H23ClN2O4/c1-18(10-15(22)23,11-5-3-2-4-6-11)17(25)21-12-7-8-13(16(20)24)14(19)9-12/h7-9,11H,2-6,10H2,1H3,(H2,20,24)(H,21,25)(H,22,23). The van der Waals surface area contributed by atoms with E-state index < -0.39 is 17.3 Å². The molecule has 4 N–H and O–H groups in total. The minimum Gasteiger partial charge on any atom is -0.481 e. The molecule has 0 radical (unpaired) electrons. The number of rotatable bonds is 6. The van der Waals surface area contributed by atoms with Gasteiger partial charge in [-0.25, -0.2) is 0 Å². The Morgan fingerprint density at radius 3 is 2.44 bits per heavy atom. The zero-order valence-electron chi connectivity index (χ0n) is 14.2. The number of amides is 2. The van der Waals surface area contributed by atoms with Crippen LogP contribution in [0.2, 0.25) is 5.02 Å². The molecule has 1 saturated carbocycles. The van der Waals surface area contributed by atoms with E-state index in [1.54, 1.807) is 6.92 Å². The first-order valence-corrected chi connectivity index (χ1v) is 8.74. The fraction of sp³-hybridized carbons (Fsp3) is 0.500. The molecule has 1 aromatic rings. The number of benzene rings is 1. The fourth-order valence-electron chi connectivity index (χ4n) is 3.53. The van der Waals surface area contributed by atoms with Gasteiger partial charge in [-0.15, -0.1) is 0 Å². The van der Waals surface area contributed by atoms with Gasteiger partial charge < -0.3 is 16.2 Å². The number of carboxylic acids is 1. The Balaban J connectivity index is 2.23. The number of aliphatic carboxylic acids is 1. The molecule has 1 aliphatic rings. The van der Waals surface area contributed by atoms with Gasteiger partial charge in [0.1, 0.15) is 0 Å². The van der Waals surface area contributed by atoms with Crippen LogP contribution in [0, 0.1) is 11.3 Å². The van der Waals surface area contributed by atoms with E-state index in [2.05, 4.69) is 5.32 Å². The second kappa shape index (κ2) is 7.87. The van der Waals surface area contributed by atoms with Crippen molar-refractivity contribution in [2.75, 3.05) is 5.32 Å². The van der Waals surface area contributed by atoms with Crippen molar-refractivity contribution < 1.29 is 19.5 Å². The number of halogens is 1. The van der Waals surface area contributed by atoms with E-state index in [0.29, 0.717) is 5.69 Å². The van der Waals surface area contributed by atoms with Crippen LogP contribution in [0.4, 0.5) is 5.69 Å². The number of hydrogen-bond acceptors (Lipinski definition) is 3. The maximum Gasteiger partial charge on any atom is 0.304 e. The molecule has 0 saturated heterocycles. The van der Waals surface area contributed by atoms with Gasteiger partial charge >= 0.3 is 5.97 Å². The lowest BCUT2D eigenvalue weighted by Gasteiger charge is -2.37. The third-order valence-electron chi connectivity index (χ3n) is 5.04. The molecule has 1 aliphatic carbocycles. The summed E-state index contributed by atoms with van der Waals surface area (Å²) in [6, 6.07) is 4.42. The normalized spacial score (nSPS) is 17.5. The van der Waals surface area contributed by atoms with Crippen LogP contribution < -0.4 is 11.1 Å². The van der Waals surface area contributed by atoms with Gasteiger partial charge in [0.25, 0.3) is 0 Å². The summed E-state index contributed by atoms with van der Waals surface area (Å²) in [4.78, 5) is 35.5. The zero-order valence-corrected chi connectivity index (χ0v) is 14.9. The second-order valence-electron chi connectivity index (χ2n) is 6.84. The largest absolute Gasteiger partial charge is 0.481 e. The summed E-state index contributed by atoms with van der Waals surface area (Å²) in [6.45, 7) is 1.71. The first-order valence-electron chi connectivity index (χ1n) is 8.36. The highest BCUT2D eigenvalue weighted by Gasteiger charge is 2.43. The lowest BCUT2D eigenvalue weighted by Crippen LogP contribution is -2.42. The third kappa shape index (κ3) is 4.51. The van der Waals surface area contributed by atoms with E-state index in [0.717, 1.165) is 32.1 Å². The molecule has 7 heteroatoms. The summed E-state index contributed by atoms with van der Waals surface area (Å²) in [7, 11) is 0. The number of nitrogens with one attached hydrogen (secondary N) is 1.